The lowest BCUT2D eigenvalue weighted by molar-refractivity contribution is 0.0919. The van der Waals surface area contributed by atoms with Crippen LogP contribution in [0, 0.1) is 0 Å². The minimum absolute atomic E-state index is 0.0423. The number of nitrogens with two attached hydrogens (primary N) is 1. The highest BCUT2D eigenvalue weighted by Crippen LogP contribution is 2.24. The highest BCUT2D eigenvalue weighted by Gasteiger charge is 2.10. The first-order valence-electron chi connectivity index (χ1n) is 4.79. The van der Waals surface area contributed by atoms with E-state index in [4.69, 9.17) is 27.4 Å². The van der Waals surface area contributed by atoms with Crippen LogP contribution in [0.15, 0.2) is 22.7 Å². The van der Waals surface area contributed by atoms with E-state index in [1.807, 2.05) is 25.1 Å². The van der Waals surface area contributed by atoms with Gasteiger partial charge in [0.15, 0.2) is 0 Å². The molecule has 3 nitrogen and oxygen atoms in total. The lowest BCUT2D eigenvalue weighted by Gasteiger charge is -2.16. The van der Waals surface area contributed by atoms with Gasteiger partial charge in [0.2, 0.25) is 0 Å². The van der Waals surface area contributed by atoms with Gasteiger partial charge in [-0.1, -0.05) is 28.1 Å². The second-order valence-corrected chi connectivity index (χ2v) is 4.74. The van der Waals surface area contributed by atoms with Crippen LogP contribution in [-0.2, 0) is 4.74 Å². The van der Waals surface area contributed by atoms with Gasteiger partial charge in [-0.15, -0.1) is 0 Å². The van der Waals surface area contributed by atoms with Gasteiger partial charge in [0.1, 0.15) is 16.8 Å². The summed E-state index contributed by atoms with van der Waals surface area (Å²) in [4.78, 5) is 0.320. The minimum Gasteiger partial charge on any atom is -0.488 e. The maximum Gasteiger partial charge on any atom is 0.130 e. The third-order valence-corrected chi connectivity index (χ3v) is 2.65. The van der Waals surface area contributed by atoms with Gasteiger partial charge in [0, 0.05) is 11.6 Å². The summed E-state index contributed by atoms with van der Waals surface area (Å²) in [6.07, 6.45) is -0.0423. The van der Waals surface area contributed by atoms with E-state index >= 15 is 0 Å². The van der Waals surface area contributed by atoms with Crippen LogP contribution in [0.4, 0.5) is 0 Å². The molecule has 0 bridgehead atoms. The van der Waals surface area contributed by atoms with Crippen LogP contribution in [0.2, 0.25) is 0 Å². The van der Waals surface area contributed by atoms with Crippen molar-refractivity contribution in [2.45, 2.75) is 13.0 Å². The molecular weight excluding hydrogens is 290 g/mol. The first-order chi connectivity index (χ1) is 7.54. The SMILES string of the molecule is COCC(C)Oc1ccc(Br)cc1C(N)=S. The Morgan fingerprint density at radius 1 is 1.56 bits per heavy atom. The maximum absolute atomic E-state index is 5.69. The van der Waals surface area contributed by atoms with Crippen LogP contribution < -0.4 is 10.5 Å². The van der Waals surface area contributed by atoms with Crippen molar-refractivity contribution in [1.82, 2.24) is 0 Å². The summed E-state index contributed by atoms with van der Waals surface area (Å²) in [5.74, 6) is 0.681. The van der Waals surface area contributed by atoms with Gasteiger partial charge in [-0.25, -0.2) is 0 Å². The molecule has 0 aliphatic rings. The van der Waals surface area contributed by atoms with E-state index in [1.54, 1.807) is 7.11 Å². The van der Waals surface area contributed by atoms with Gasteiger partial charge in [-0.05, 0) is 25.1 Å². The van der Waals surface area contributed by atoms with Crippen LogP contribution in [0.25, 0.3) is 0 Å². The second-order valence-electron chi connectivity index (χ2n) is 3.39. The number of thiocarbonyl (C=S) groups is 1. The number of methoxy groups -OCH3 is 1. The summed E-state index contributed by atoms with van der Waals surface area (Å²) in [5, 5.41) is 0. The summed E-state index contributed by atoms with van der Waals surface area (Å²) < 4.78 is 11.6. The van der Waals surface area contributed by atoms with Gasteiger partial charge >= 0.3 is 0 Å². The van der Waals surface area contributed by atoms with Gasteiger partial charge in [-0.3, -0.25) is 0 Å². The molecule has 1 rings (SSSR count). The van der Waals surface area contributed by atoms with Gasteiger partial charge in [0.25, 0.3) is 0 Å². The topological polar surface area (TPSA) is 44.5 Å². The largest absolute Gasteiger partial charge is 0.488 e. The molecule has 0 aliphatic heterocycles. The molecule has 5 heteroatoms. The number of halogens is 1. The third-order valence-electron chi connectivity index (χ3n) is 1.94. The molecule has 0 heterocycles. The van der Waals surface area contributed by atoms with Crippen LogP contribution in [-0.4, -0.2) is 24.8 Å². The predicted molar refractivity (Wildman–Crippen MR) is 72.0 cm³/mol. The van der Waals surface area contributed by atoms with Crippen molar-refractivity contribution in [3.8, 4) is 5.75 Å². The molecule has 0 radical (unpaired) electrons. The van der Waals surface area contributed by atoms with E-state index < -0.39 is 0 Å². The fraction of sp³-hybridized carbons (Fsp3) is 0.364. The fourth-order valence-corrected chi connectivity index (χ4v) is 1.80. The number of hydrogen-bond acceptors (Lipinski definition) is 3. The van der Waals surface area contributed by atoms with E-state index in [1.165, 1.54) is 0 Å². The molecule has 1 atom stereocenters. The highest BCUT2D eigenvalue weighted by atomic mass is 79.9. The molecular formula is C11H14BrNO2S. The maximum atomic E-state index is 5.69. The van der Waals surface area contributed by atoms with E-state index in [-0.39, 0.29) is 6.10 Å². The second kappa shape index (κ2) is 6.18. The molecule has 0 saturated carbocycles. The van der Waals surface area contributed by atoms with Crippen molar-refractivity contribution in [3.63, 3.8) is 0 Å². The van der Waals surface area contributed by atoms with Crippen molar-refractivity contribution in [1.29, 1.82) is 0 Å². The Balaban J connectivity index is 2.90. The molecule has 16 heavy (non-hydrogen) atoms. The Morgan fingerprint density at radius 3 is 2.81 bits per heavy atom. The summed E-state index contributed by atoms with van der Waals surface area (Å²) in [7, 11) is 1.63. The predicted octanol–water partition coefficient (Wildman–Crippen LogP) is 2.50. The van der Waals surface area contributed by atoms with Crippen LogP contribution >= 0.6 is 28.1 Å². The average Bonchev–Trinajstić information content (AvgIpc) is 2.20. The van der Waals surface area contributed by atoms with Crippen LogP contribution in [0.1, 0.15) is 12.5 Å². The van der Waals surface area contributed by atoms with E-state index in [9.17, 15) is 0 Å². The Kier molecular flexibility index (Phi) is 5.18. The van der Waals surface area contributed by atoms with Crippen LogP contribution in [0.3, 0.4) is 0 Å². The normalized spacial score (nSPS) is 12.2. The Hall–Kier alpha value is -0.650. The molecule has 1 aromatic rings. The number of hydrogen-bond donors (Lipinski definition) is 1. The summed E-state index contributed by atoms with van der Waals surface area (Å²) >= 11 is 8.34. The Bertz CT molecular complexity index is 384. The lowest BCUT2D eigenvalue weighted by atomic mass is 10.2. The minimum atomic E-state index is -0.0423. The molecule has 0 saturated heterocycles. The number of benzene rings is 1. The quantitative estimate of drug-likeness (QED) is 0.849. The highest BCUT2D eigenvalue weighted by molar-refractivity contribution is 9.10. The molecule has 88 valence electrons. The van der Waals surface area contributed by atoms with Crippen molar-refractivity contribution >= 4 is 33.1 Å². The average molecular weight is 304 g/mol. The van der Waals surface area contributed by atoms with Gasteiger partial charge < -0.3 is 15.2 Å². The third kappa shape index (κ3) is 3.73. The smallest absolute Gasteiger partial charge is 0.130 e. The van der Waals surface area contributed by atoms with Gasteiger partial charge in [-0.2, -0.15) is 0 Å². The number of ether oxygens (including phenoxy) is 2. The monoisotopic (exact) mass is 303 g/mol. The van der Waals surface area contributed by atoms with E-state index in [2.05, 4.69) is 15.9 Å². The molecule has 0 aliphatic carbocycles. The van der Waals surface area contributed by atoms with Crippen molar-refractivity contribution in [2.24, 2.45) is 5.73 Å². The summed E-state index contributed by atoms with van der Waals surface area (Å²) in [6.45, 7) is 2.45. The van der Waals surface area contributed by atoms with E-state index in [0.29, 0.717) is 17.3 Å². The molecule has 2 N–H and O–H groups in total. The van der Waals surface area contributed by atoms with E-state index in [0.717, 1.165) is 10.0 Å². The molecule has 0 spiro atoms. The molecule has 0 amide bonds. The number of rotatable bonds is 5. The first kappa shape index (κ1) is 13.4. The van der Waals surface area contributed by atoms with Crippen molar-refractivity contribution in [3.05, 3.63) is 28.2 Å². The standard InChI is InChI=1S/C11H14BrNO2S/c1-7(6-14-2)15-10-4-3-8(12)5-9(10)11(13)16/h3-5,7H,6H2,1-2H3,(H2,13,16). The van der Waals surface area contributed by atoms with Gasteiger partial charge in [0.05, 0.1) is 12.2 Å². The molecule has 0 fully saturated rings. The molecule has 1 unspecified atom stereocenters. The van der Waals surface area contributed by atoms with Crippen molar-refractivity contribution in [2.75, 3.05) is 13.7 Å². The fourth-order valence-electron chi connectivity index (χ4n) is 1.28. The lowest BCUT2D eigenvalue weighted by Crippen LogP contribution is -2.20. The Morgan fingerprint density at radius 2 is 2.25 bits per heavy atom. The zero-order valence-electron chi connectivity index (χ0n) is 9.20. The first-order valence-corrected chi connectivity index (χ1v) is 5.99. The van der Waals surface area contributed by atoms with Crippen molar-refractivity contribution < 1.29 is 9.47 Å². The molecule has 0 aromatic heterocycles. The zero-order valence-corrected chi connectivity index (χ0v) is 11.6. The summed E-state index contributed by atoms with van der Waals surface area (Å²) in [5.41, 5.74) is 6.36. The Labute approximate surface area is 109 Å². The molecule has 1 aromatic carbocycles. The van der Waals surface area contributed by atoms with Crippen LogP contribution in [0.5, 0.6) is 5.75 Å². The summed E-state index contributed by atoms with van der Waals surface area (Å²) in [6, 6.07) is 5.57. The zero-order chi connectivity index (χ0) is 12.1.